The maximum atomic E-state index is 3.52. The van der Waals surface area contributed by atoms with Crippen molar-refractivity contribution >= 4 is 0 Å². The summed E-state index contributed by atoms with van der Waals surface area (Å²) in [5.41, 5.74) is 1.18. The molecule has 2 aliphatic heterocycles. The van der Waals surface area contributed by atoms with Crippen molar-refractivity contribution in [2.24, 2.45) is 10.8 Å². The van der Waals surface area contributed by atoms with Crippen LogP contribution in [0.5, 0.6) is 0 Å². The maximum Gasteiger partial charge on any atom is 0.00392 e. The topological polar surface area (TPSA) is 15.3 Å². The number of hydrogen-bond acceptors (Lipinski definition) is 2. The van der Waals surface area contributed by atoms with Gasteiger partial charge in [0.2, 0.25) is 0 Å². The van der Waals surface area contributed by atoms with Crippen LogP contribution >= 0.6 is 0 Å². The predicted octanol–water partition coefficient (Wildman–Crippen LogP) is 2.89. The van der Waals surface area contributed by atoms with Gasteiger partial charge in [-0.2, -0.15) is 0 Å². The molecule has 2 fully saturated rings. The highest BCUT2D eigenvalue weighted by Crippen LogP contribution is 2.38. The Hall–Kier alpha value is -0.0800. The third-order valence-electron chi connectivity index (χ3n) is 4.76. The summed E-state index contributed by atoms with van der Waals surface area (Å²) < 4.78 is 0. The normalized spacial score (nSPS) is 28.4. The van der Waals surface area contributed by atoms with Crippen molar-refractivity contribution in [2.45, 2.75) is 52.9 Å². The Bertz CT molecular complexity index is 236. The van der Waals surface area contributed by atoms with Crippen molar-refractivity contribution in [2.75, 3.05) is 32.7 Å². The third kappa shape index (κ3) is 3.45. The van der Waals surface area contributed by atoms with Crippen LogP contribution in [0.25, 0.3) is 0 Å². The van der Waals surface area contributed by atoms with E-state index in [2.05, 4.69) is 31.0 Å². The minimum absolute atomic E-state index is 0.556. The van der Waals surface area contributed by atoms with E-state index in [1.54, 1.807) is 0 Å². The Morgan fingerprint density at radius 3 is 2.35 bits per heavy atom. The Morgan fingerprint density at radius 2 is 1.82 bits per heavy atom. The van der Waals surface area contributed by atoms with Crippen molar-refractivity contribution in [3.8, 4) is 0 Å². The van der Waals surface area contributed by atoms with Crippen LogP contribution in [0.1, 0.15) is 52.9 Å². The fraction of sp³-hybridized carbons (Fsp3) is 1.00. The highest BCUT2D eigenvalue weighted by molar-refractivity contribution is 4.91. The lowest BCUT2D eigenvalue weighted by atomic mass is 9.75. The van der Waals surface area contributed by atoms with Crippen molar-refractivity contribution in [1.29, 1.82) is 0 Å². The zero-order valence-corrected chi connectivity index (χ0v) is 12.0. The van der Waals surface area contributed by atoms with Crippen LogP contribution in [0.15, 0.2) is 0 Å². The van der Waals surface area contributed by atoms with E-state index in [4.69, 9.17) is 0 Å². The van der Waals surface area contributed by atoms with Crippen molar-refractivity contribution in [1.82, 2.24) is 10.2 Å². The summed E-state index contributed by atoms with van der Waals surface area (Å²) in [5.74, 6) is 0. The van der Waals surface area contributed by atoms with Gasteiger partial charge in [-0.05, 0) is 56.1 Å². The smallest absolute Gasteiger partial charge is 0.00392 e. The molecule has 2 heterocycles. The van der Waals surface area contributed by atoms with E-state index < -0.39 is 0 Å². The molecule has 0 radical (unpaired) electrons. The number of rotatable bonds is 4. The van der Waals surface area contributed by atoms with Gasteiger partial charge in [0.25, 0.3) is 0 Å². The molecule has 0 spiro atoms. The van der Waals surface area contributed by atoms with Crippen LogP contribution in [0.2, 0.25) is 0 Å². The van der Waals surface area contributed by atoms with E-state index in [-0.39, 0.29) is 0 Å². The average molecular weight is 238 g/mol. The van der Waals surface area contributed by atoms with Gasteiger partial charge in [0.15, 0.2) is 0 Å². The summed E-state index contributed by atoms with van der Waals surface area (Å²) in [4.78, 5) is 2.74. The molecule has 0 unspecified atom stereocenters. The van der Waals surface area contributed by atoms with Gasteiger partial charge in [0.05, 0.1) is 0 Å². The Kier molecular flexibility index (Phi) is 4.14. The SMILES string of the molecule is CCCC1(CN2CCC(C)(C)C2)CCNCC1. The highest BCUT2D eigenvalue weighted by atomic mass is 15.2. The number of likely N-dealkylation sites (tertiary alicyclic amines) is 1. The molecule has 1 N–H and O–H groups in total. The lowest BCUT2D eigenvalue weighted by Gasteiger charge is -2.41. The quantitative estimate of drug-likeness (QED) is 0.810. The molecule has 2 saturated heterocycles. The first kappa shape index (κ1) is 13.4. The van der Waals surface area contributed by atoms with Crippen LogP contribution < -0.4 is 5.32 Å². The van der Waals surface area contributed by atoms with Crippen LogP contribution in [0, 0.1) is 10.8 Å². The zero-order valence-electron chi connectivity index (χ0n) is 12.0. The zero-order chi connectivity index (χ0) is 12.4. The standard InChI is InChI=1S/C15H30N2/c1-4-5-15(6-9-16-10-7-15)13-17-11-8-14(2,3)12-17/h16H,4-13H2,1-3H3. The lowest BCUT2D eigenvalue weighted by molar-refractivity contribution is 0.109. The van der Waals surface area contributed by atoms with Gasteiger partial charge >= 0.3 is 0 Å². The molecule has 0 amide bonds. The van der Waals surface area contributed by atoms with Gasteiger partial charge in [-0.1, -0.05) is 27.2 Å². The van der Waals surface area contributed by atoms with Crippen molar-refractivity contribution < 1.29 is 0 Å². The fourth-order valence-electron chi connectivity index (χ4n) is 3.81. The van der Waals surface area contributed by atoms with Gasteiger partial charge in [0, 0.05) is 13.1 Å². The number of piperidine rings is 1. The van der Waals surface area contributed by atoms with Crippen LogP contribution in [0.3, 0.4) is 0 Å². The van der Waals surface area contributed by atoms with E-state index in [1.807, 2.05) is 0 Å². The molecular formula is C15H30N2. The van der Waals surface area contributed by atoms with Crippen molar-refractivity contribution in [3.63, 3.8) is 0 Å². The van der Waals surface area contributed by atoms with Gasteiger partial charge in [-0.3, -0.25) is 0 Å². The van der Waals surface area contributed by atoms with E-state index in [0.29, 0.717) is 10.8 Å². The molecule has 100 valence electrons. The van der Waals surface area contributed by atoms with E-state index in [0.717, 1.165) is 0 Å². The monoisotopic (exact) mass is 238 g/mol. The lowest BCUT2D eigenvalue weighted by Crippen LogP contribution is -2.44. The second kappa shape index (κ2) is 5.27. The predicted molar refractivity (Wildman–Crippen MR) is 74.3 cm³/mol. The fourth-order valence-corrected chi connectivity index (χ4v) is 3.81. The average Bonchev–Trinajstić information content (AvgIpc) is 2.59. The van der Waals surface area contributed by atoms with E-state index in [9.17, 15) is 0 Å². The molecule has 0 atom stereocenters. The molecule has 0 aliphatic carbocycles. The van der Waals surface area contributed by atoms with Crippen LogP contribution in [-0.2, 0) is 0 Å². The minimum Gasteiger partial charge on any atom is -0.317 e. The van der Waals surface area contributed by atoms with Gasteiger partial charge in [-0.15, -0.1) is 0 Å². The first-order chi connectivity index (χ1) is 8.05. The molecule has 2 rings (SSSR count). The van der Waals surface area contributed by atoms with Gasteiger partial charge in [-0.25, -0.2) is 0 Å². The minimum atomic E-state index is 0.556. The van der Waals surface area contributed by atoms with Crippen LogP contribution in [-0.4, -0.2) is 37.6 Å². The second-order valence-electron chi connectivity index (χ2n) is 7.12. The molecule has 0 bridgehead atoms. The number of nitrogens with one attached hydrogen (secondary N) is 1. The molecule has 17 heavy (non-hydrogen) atoms. The molecular weight excluding hydrogens is 208 g/mol. The summed E-state index contributed by atoms with van der Waals surface area (Å²) in [6.07, 6.45) is 6.92. The number of nitrogens with zero attached hydrogens (tertiary/aromatic N) is 1. The summed E-state index contributed by atoms with van der Waals surface area (Å²) in [6, 6.07) is 0. The Morgan fingerprint density at radius 1 is 1.12 bits per heavy atom. The second-order valence-corrected chi connectivity index (χ2v) is 7.12. The molecule has 2 nitrogen and oxygen atoms in total. The third-order valence-corrected chi connectivity index (χ3v) is 4.76. The first-order valence-electron chi connectivity index (χ1n) is 7.48. The molecule has 0 aromatic rings. The highest BCUT2D eigenvalue weighted by Gasteiger charge is 2.37. The molecule has 0 aromatic carbocycles. The molecule has 0 aromatic heterocycles. The van der Waals surface area contributed by atoms with Crippen molar-refractivity contribution in [3.05, 3.63) is 0 Å². The molecule has 2 heteroatoms. The van der Waals surface area contributed by atoms with Gasteiger partial charge < -0.3 is 10.2 Å². The van der Waals surface area contributed by atoms with Crippen LogP contribution in [0.4, 0.5) is 0 Å². The summed E-state index contributed by atoms with van der Waals surface area (Å²) in [6.45, 7) is 13.6. The Balaban J connectivity index is 1.93. The first-order valence-corrected chi connectivity index (χ1v) is 7.48. The molecule has 0 saturated carbocycles. The largest absolute Gasteiger partial charge is 0.317 e. The summed E-state index contributed by atoms with van der Waals surface area (Å²) in [5, 5.41) is 3.52. The Labute approximate surface area is 107 Å². The van der Waals surface area contributed by atoms with E-state index in [1.165, 1.54) is 64.8 Å². The van der Waals surface area contributed by atoms with Gasteiger partial charge in [0.1, 0.15) is 0 Å². The summed E-state index contributed by atoms with van der Waals surface area (Å²) in [7, 11) is 0. The maximum absolute atomic E-state index is 3.52. The summed E-state index contributed by atoms with van der Waals surface area (Å²) >= 11 is 0. The molecule has 2 aliphatic rings. The van der Waals surface area contributed by atoms with E-state index >= 15 is 0 Å². The number of hydrogen-bond donors (Lipinski definition) is 1.